The second kappa shape index (κ2) is 6.00. The Hall–Kier alpha value is 0.430. The normalized spacial score (nSPS) is 13.1. The number of hydrogen-bond donors (Lipinski definition) is 0. The first-order valence-corrected chi connectivity index (χ1v) is 6.47. The van der Waals surface area contributed by atoms with Gasteiger partial charge in [-0.05, 0) is 31.1 Å². The van der Waals surface area contributed by atoms with Crippen molar-refractivity contribution in [3.8, 4) is 0 Å². The fraction of sp³-hybridized carbons (Fsp3) is 1.00. The van der Waals surface area contributed by atoms with E-state index in [9.17, 15) is 0 Å². The van der Waals surface area contributed by atoms with E-state index in [2.05, 4.69) is 27.4 Å². The van der Waals surface area contributed by atoms with Gasteiger partial charge in [-0.3, -0.25) is 0 Å². The SMILES string of the molecule is CCCCC(C)(C)CCPC. The average Bonchev–Trinajstić information content (AvgIpc) is 1.97. The number of rotatable bonds is 6. The predicted octanol–water partition coefficient (Wildman–Crippen LogP) is 3.90. The molecule has 1 unspecified atom stereocenters. The van der Waals surface area contributed by atoms with Gasteiger partial charge in [-0.25, -0.2) is 0 Å². The first kappa shape index (κ1) is 11.4. The Kier molecular flexibility index (Phi) is 6.24. The third-order valence-corrected chi connectivity index (χ3v) is 3.01. The Morgan fingerprint density at radius 2 is 1.82 bits per heavy atom. The fourth-order valence-electron chi connectivity index (χ4n) is 1.24. The lowest BCUT2D eigenvalue weighted by Gasteiger charge is -2.23. The first-order chi connectivity index (χ1) is 5.12. The minimum Gasteiger partial charge on any atom is -0.125 e. The summed E-state index contributed by atoms with van der Waals surface area (Å²) in [7, 11) is 1.14. The van der Waals surface area contributed by atoms with Crippen LogP contribution >= 0.6 is 8.58 Å². The van der Waals surface area contributed by atoms with Crippen molar-refractivity contribution in [1.82, 2.24) is 0 Å². The van der Waals surface area contributed by atoms with Crippen molar-refractivity contribution in [3.05, 3.63) is 0 Å². The molecule has 0 aliphatic rings. The molecule has 0 aliphatic carbocycles. The molecule has 0 rings (SSSR count). The van der Waals surface area contributed by atoms with E-state index in [1.165, 1.54) is 31.8 Å². The zero-order chi connectivity index (χ0) is 8.74. The second-order valence-electron chi connectivity index (χ2n) is 4.12. The molecule has 0 saturated carbocycles. The molecule has 1 heteroatoms. The molecule has 0 aromatic heterocycles. The van der Waals surface area contributed by atoms with Gasteiger partial charge in [0.15, 0.2) is 0 Å². The van der Waals surface area contributed by atoms with Gasteiger partial charge in [-0.2, -0.15) is 0 Å². The Balaban J connectivity index is 3.43. The zero-order valence-electron chi connectivity index (χ0n) is 8.54. The van der Waals surface area contributed by atoms with Crippen molar-refractivity contribution in [2.45, 2.75) is 46.5 Å². The molecule has 0 fully saturated rings. The van der Waals surface area contributed by atoms with Gasteiger partial charge in [0.2, 0.25) is 0 Å². The molecule has 68 valence electrons. The van der Waals surface area contributed by atoms with E-state index in [0.717, 1.165) is 8.58 Å². The molecule has 0 aromatic carbocycles. The van der Waals surface area contributed by atoms with Gasteiger partial charge in [-0.15, -0.1) is 8.58 Å². The minimum absolute atomic E-state index is 0.610. The van der Waals surface area contributed by atoms with Crippen LogP contribution in [0.15, 0.2) is 0 Å². The number of hydrogen-bond acceptors (Lipinski definition) is 0. The quantitative estimate of drug-likeness (QED) is 0.536. The van der Waals surface area contributed by atoms with Crippen LogP contribution in [0, 0.1) is 5.41 Å². The van der Waals surface area contributed by atoms with E-state index in [0.29, 0.717) is 5.41 Å². The minimum atomic E-state index is 0.610. The molecule has 0 spiro atoms. The molecule has 0 radical (unpaired) electrons. The van der Waals surface area contributed by atoms with Gasteiger partial charge in [0.05, 0.1) is 0 Å². The van der Waals surface area contributed by atoms with Crippen molar-refractivity contribution in [2.24, 2.45) is 5.41 Å². The standard InChI is InChI=1S/C10H23P/c1-5-6-7-10(2,3)8-9-11-4/h11H,5-9H2,1-4H3. The van der Waals surface area contributed by atoms with Crippen molar-refractivity contribution in [1.29, 1.82) is 0 Å². The van der Waals surface area contributed by atoms with Crippen molar-refractivity contribution >= 4 is 8.58 Å². The van der Waals surface area contributed by atoms with E-state index in [1.54, 1.807) is 0 Å². The molecule has 1 atom stereocenters. The molecule has 0 N–H and O–H groups in total. The molecule has 11 heavy (non-hydrogen) atoms. The third-order valence-electron chi connectivity index (χ3n) is 2.26. The van der Waals surface area contributed by atoms with Gasteiger partial charge in [-0.1, -0.05) is 33.6 Å². The Labute approximate surface area is 73.9 Å². The summed E-state index contributed by atoms with van der Waals surface area (Å²) in [6.07, 6.45) is 7.00. The summed E-state index contributed by atoms with van der Waals surface area (Å²) in [6, 6.07) is 0. The first-order valence-electron chi connectivity index (χ1n) is 4.77. The van der Waals surface area contributed by atoms with E-state index < -0.39 is 0 Å². The highest BCUT2D eigenvalue weighted by atomic mass is 31.1. The molecular weight excluding hydrogens is 151 g/mol. The summed E-state index contributed by atoms with van der Waals surface area (Å²) in [5.41, 5.74) is 0.610. The van der Waals surface area contributed by atoms with Crippen LogP contribution in [-0.2, 0) is 0 Å². The molecular formula is C10H23P. The van der Waals surface area contributed by atoms with Gasteiger partial charge in [0.25, 0.3) is 0 Å². The second-order valence-corrected chi connectivity index (χ2v) is 5.33. The summed E-state index contributed by atoms with van der Waals surface area (Å²) in [5, 5.41) is 0. The summed E-state index contributed by atoms with van der Waals surface area (Å²) < 4.78 is 0. The smallest absolute Gasteiger partial charge is 0.0351 e. The van der Waals surface area contributed by atoms with Crippen LogP contribution in [0.3, 0.4) is 0 Å². The molecule has 0 aromatic rings. The topological polar surface area (TPSA) is 0 Å². The van der Waals surface area contributed by atoms with Crippen LogP contribution in [-0.4, -0.2) is 12.8 Å². The lowest BCUT2D eigenvalue weighted by atomic mass is 9.85. The highest BCUT2D eigenvalue weighted by Gasteiger charge is 2.15. The van der Waals surface area contributed by atoms with Gasteiger partial charge in [0.1, 0.15) is 0 Å². The van der Waals surface area contributed by atoms with Crippen LogP contribution in [0.2, 0.25) is 0 Å². The van der Waals surface area contributed by atoms with Crippen molar-refractivity contribution in [2.75, 3.05) is 12.8 Å². The molecule has 0 aliphatic heterocycles. The summed E-state index contributed by atoms with van der Waals surface area (Å²) in [5.74, 6) is 0. The Morgan fingerprint density at radius 1 is 1.18 bits per heavy atom. The lowest BCUT2D eigenvalue weighted by molar-refractivity contribution is 0.314. The van der Waals surface area contributed by atoms with Crippen LogP contribution in [0.1, 0.15) is 46.5 Å². The average molecular weight is 174 g/mol. The lowest BCUT2D eigenvalue weighted by Crippen LogP contribution is -2.11. The maximum absolute atomic E-state index is 2.41. The van der Waals surface area contributed by atoms with Gasteiger partial charge >= 0.3 is 0 Å². The molecule has 0 nitrogen and oxygen atoms in total. The monoisotopic (exact) mass is 174 g/mol. The maximum Gasteiger partial charge on any atom is -0.0351 e. The molecule has 0 amide bonds. The van der Waals surface area contributed by atoms with Crippen LogP contribution in [0.25, 0.3) is 0 Å². The highest BCUT2D eigenvalue weighted by Crippen LogP contribution is 2.29. The van der Waals surface area contributed by atoms with E-state index in [1.807, 2.05) is 0 Å². The third kappa shape index (κ3) is 6.81. The van der Waals surface area contributed by atoms with Crippen LogP contribution in [0.4, 0.5) is 0 Å². The number of unbranched alkanes of at least 4 members (excludes halogenated alkanes) is 1. The summed E-state index contributed by atoms with van der Waals surface area (Å²) in [4.78, 5) is 0. The van der Waals surface area contributed by atoms with E-state index >= 15 is 0 Å². The molecule has 0 saturated heterocycles. The van der Waals surface area contributed by atoms with E-state index in [-0.39, 0.29) is 0 Å². The van der Waals surface area contributed by atoms with Crippen LogP contribution in [0.5, 0.6) is 0 Å². The zero-order valence-corrected chi connectivity index (χ0v) is 9.54. The molecule has 0 heterocycles. The summed E-state index contributed by atoms with van der Waals surface area (Å²) >= 11 is 0. The van der Waals surface area contributed by atoms with Crippen LogP contribution < -0.4 is 0 Å². The van der Waals surface area contributed by atoms with Gasteiger partial charge in [0, 0.05) is 0 Å². The summed E-state index contributed by atoms with van der Waals surface area (Å²) in [6.45, 7) is 9.39. The maximum atomic E-state index is 2.41. The van der Waals surface area contributed by atoms with Crippen molar-refractivity contribution < 1.29 is 0 Å². The Bertz CT molecular complexity index is 76.9. The van der Waals surface area contributed by atoms with Crippen molar-refractivity contribution in [3.63, 3.8) is 0 Å². The fourth-order valence-corrected chi connectivity index (χ4v) is 2.17. The predicted molar refractivity (Wildman–Crippen MR) is 57.0 cm³/mol. The Morgan fingerprint density at radius 3 is 2.27 bits per heavy atom. The highest BCUT2D eigenvalue weighted by molar-refractivity contribution is 7.36. The van der Waals surface area contributed by atoms with Gasteiger partial charge < -0.3 is 0 Å². The largest absolute Gasteiger partial charge is 0.125 e. The molecule has 0 bridgehead atoms. The van der Waals surface area contributed by atoms with E-state index in [4.69, 9.17) is 0 Å².